The Bertz CT molecular complexity index is 649. The molecule has 136 valence electrons. The van der Waals surface area contributed by atoms with Gasteiger partial charge in [0.1, 0.15) is 12.1 Å². The monoisotopic (exact) mass is 460 g/mol. The molecule has 1 aliphatic heterocycles. The molecule has 0 spiro atoms. The zero-order valence-corrected chi connectivity index (χ0v) is 16.2. The third kappa shape index (κ3) is 5.15. The predicted molar refractivity (Wildman–Crippen MR) is 98.6 cm³/mol. The maximum atomic E-state index is 12.6. The fourth-order valence-electron chi connectivity index (χ4n) is 2.87. The summed E-state index contributed by atoms with van der Waals surface area (Å²) in [6, 6.07) is 5.95. The number of benzene rings is 1. The maximum absolute atomic E-state index is 12.6. The van der Waals surface area contributed by atoms with Crippen LogP contribution in [0.4, 0.5) is 0 Å². The van der Waals surface area contributed by atoms with E-state index in [1.807, 2.05) is 24.3 Å². The van der Waals surface area contributed by atoms with Crippen LogP contribution in [-0.4, -0.2) is 59.6 Å². The van der Waals surface area contributed by atoms with Gasteiger partial charge in [0.05, 0.1) is 13.2 Å². The number of hydrogen-bond donors (Lipinski definition) is 2. The molecule has 1 aromatic carbocycles. The van der Waals surface area contributed by atoms with E-state index < -0.39 is 30.1 Å². The van der Waals surface area contributed by atoms with E-state index in [2.05, 4.69) is 27.9 Å². The Kier molecular flexibility index (Phi) is 6.77. The molecule has 1 saturated heterocycles. The second-order valence-electron chi connectivity index (χ2n) is 5.99. The molecular weight excluding hydrogens is 439 g/mol. The second kappa shape index (κ2) is 8.61. The van der Waals surface area contributed by atoms with E-state index in [-0.39, 0.29) is 25.3 Å². The number of carbonyl (C=O) groups excluding carboxylic acids is 3. The smallest absolute Gasteiger partial charge is 0.328 e. The van der Waals surface area contributed by atoms with Crippen LogP contribution >= 0.6 is 22.6 Å². The summed E-state index contributed by atoms with van der Waals surface area (Å²) in [5, 5.41) is 12.4. The molecule has 0 aromatic heterocycles. The highest BCUT2D eigenvalue weighted by Crippen LogP contribution is 2.19. The zero-order valence-electron chi connectivity index (χ0n) is 14.1. The van der Waals surface area contributed by atoms with Gasteiger partial charge in [0.2, 0.25) is 11.8 Å². The van der Waals surface area contributed by atoms with Crippen molar-refractivity contribution in [2.75, 3.05) is 13.7 Å². The van der Waals surface area contributed by atoms with E-state index in [9.17, 15) is 19.5 Å². The first-order valence-electron chi connectivity index (χ1n) is 7.89. The average Bonchev–Trinajstić information content (AvgIpc) is 2.97. The van der Waals surface area contributed by atoms with Crippen LogP contribution in [0.3, 0.4) is 0 Å². The van der Waals surface area contributed by atoms with E-state index in [4.69, 9.17) is 4.74 Å². The molecule has 2 amide bonds. The quantitative estimate of drug-likeness (QED) is 0.492. The molecule has 3 atom stereocenters. The number of halogens is 1. The molecule has 8 heteroatoms. The molecular formula is C17H21IN2O5. The van der Waals surface area contributed by atoms with Gasteiger partial charge in [0.15, 0.2) is 0 Å². The number of hydrogen-bond acceptors (Lipinski definition) is 5. The summed E-state index contributed by atoms with van der Waals surface area (Å²) in [5.41, 5.74) is 0.881. The molecule has 7 nitrogen and oxygen atoms in total. The summed E-state index contributed by atoms with van der Waals surface area (Å²) in [6.07, 6.45) is -0.305. The van der Waals surface area contributed by atoms with Crippen molar-refractivity contribution < 1.29 is 24.2 Å². The number of likely N-dealkylation sites (tertiary alicyclic amines) is 1. The molecule has 25 heavy (non-hydrogen) atoms. The molecule has 1 aromatic rings. The Morgan fingerprint density at radius 1 is 1.36 bits per heavy atom. The summed E-state index contributed by atoms with van der Waals surface area (Å²) < 4.78 is 5.85. The normalized spacial score (nSPS) is 20.9. The first-order chi connectivity index (χ1) is 11.8. The van der Waals surface area contributed by atoms with E-state index >= 15 is 0 Å². The van der Waals surface area contributed by atoms with Gasteiger partial charge in [-0.05, 0) is 40.3 Å². The van der Waals surface area contributed by atoms with E-state index in [0.717, 1.165) is 9.13 Å². The number of rotatable bonds is 5. The molecule has 1 fully saturated rings. The minimum Gasteiger partial charge on any atom is -0.467 e. The molecule has 0 radical (unpaired) electrons. The lowest BCUT2D eigenvalue weighted by atomic mass is 10.1. The number of aliphatic hydroxyl groups excluding tert-OH is 1. The number of nitrogens with one attached hydrogen (secondary N) is 1. The van der Waals surface area contributed by atoms with Gasteiger partial charge in [-0.25, -0.2) is 4.79 Å². The Morgan fingerprint density at radius 3 is 2.56 bits per heavy atom. The minimum absolute atomic E-state index is 0.118. The Hall–Kier alpha value is -1.68. The highest BCUT2D eigenvalue weighted by molar-refractivity contribution is 14.1. The van der Waals surface area contributed by atoms with Crippen molar-refractivity contribution in [1.82, 2.24) is 10.2 Å². The van der Waals surface area contributed by atoms with Crippen molar-refractivity contribution in [3.63, 3.8) is 0 Å². The number of β-amino-alcohol motifs (C(OH)–C–C–N with tert-alkyl or cyclic N) is 1. The molecule has 0 bridgehead atoms. The zero-order chi connectivity index (χ0) is 18.6. The summed E-state index contributed by atoms with van der Waals surface area (Å²) in [5.74, 6) is -1.31. The fourth-order valence-corrected chi connectivity index (χ4v) is 3.23. The van der Waals surface area contributed by atoms with Crippen LogP contribution in [0.2, 0.25) is 0 Å². The van der Waals surface area contributed by atoms with Crippen LogP contribution in [-0.2, 0) is 25.5 Å². The van der Waals surface area contributed by atoms with Gasteiger partial charge in [-0.2, -0.15) is 0 Å². The number of methoxy groups -OCH3 is 1. The molecule has 2 rings (SSSR count). The molecule has 0 aliphatic carbocycles. The van der Waals surface area contributed by atoms with Gasteiger partial charge >= 0.3 is 5.97 Å². The number of carbonyl (C=O) groups is 3. The highest BCUT2D eigenvalue weighted by Gasteiger charge is 2.38. The third-order valence-electron chi connectivity index (χ3n) is 4.14. The Labute approximate surface area is 159 Å². The minimum atomic E-state index is -0.857. The van der Waals surface area contributed by atoms with Crippen molar-refractivity contribution >= 4 is 40.4 Å². The highest BCUT2D eigenvalue weighted by atomic mass is 127. The van der Waals surface area contributed by atoms with Gasteiger partial charge < -0.3 is 20.1 Å². The Morgan fingerprint density at radius 2 is 2.00 bits per heavy atom. The molecule has 1 aliphatic rings. The van der Waals surface area contributed by atoms with Crippen LogP contribution in [0.5, 0.6) is 0 Å². The maximum Gasteiger partial charge on any atom is 0.328 e. The van der Waals surface area contributed by atoms with Crippen LogP contribution in [0.1, 0.15) is 18.9 Å². The van der Waals surface area contributed by atoms with Crippen molar-refractivity contribution in [2.45, 2.75) is 38.0 Å². The predicted octanol–water partition coefficient (Wildman–Crippen LogP) is 0.473. The number of esters is 1. The van der Waals surface area contributed by atoms with Crippen molar-refractivity contribution in [1.29, 1.82) is 0 Å². The van der Waals surface area contributed by atoms with Gasteiger partial charge in [-0.15, -0.1) is 0 Å². The fraction of sp³-hybridized carbons (Fsp3) is 0.471. The largest absolute Gasteiger partial charge is 0.467 e. The summed E-state index contributed by atoms with van der Waals surface area (Å²) in [6.45, 7) is 1.47. The standard InChI is InChI=1S/C17H21IN2O5/c1-10(21)20-9-13(22)8-15(20)16(23)19-14(17(24)25-2)7-11-3-5-12(18)6-4-11/h3-6,13-15,22H,7-9H2,1-2H3,(H,19,23)/t13-,14-,15+/m1/s1. The van der Waals surface area contributed by atoms with E-state index in [1.54, 1.807) is 0 Å². The van der Waals surface area contributed by atoms with Gasteiger partial charge in [-0.1, -0.05) is 12.1 Å². The summed E-state index contributed by atoms with van der Waals surface area (Å²) >= 11 is 2.18. The van der Waals surface area contributed by atoms with Crippen LogP contribution in [0.25, 0.3) is 0 Å². The lowest BCUT2D eigenvalue weighted by molar-refractivity contribution is -0.146. The number of amides is 2. The first kappa shape index (κ1) is 19.6. The number of nitrogens with zero attached hydrogens (tertiary/aromatic N) is 1. The molecule has 1 heterocycles. The molecule has 0 unspecified atom stereocenters. The van der Waals surface area contributed by atoms with Crippen LogP contribution in [0.15, 0.2) is 24.3 Å². The lowest BCUT2D eigenvalue weighted by Gasteiger charge is -2.24. The second-order valence-corrected chi connectivity index (χ2v) is 7.24. The molecule has 2 N–H and O–H groups in total. The molecule has 0 saturated carbocycles. The summed E-state index contributed by atoms with van der Waals surface area (Å²) in [7, 11) is 1.26. The first-order valence-corrected chi connectivity index (χ1v) is 8.97. The topological polar surface area (TPSA) is 95.9 Å². The van der Waals surface area contributed by atoms with E-state index in [1.165, 1.54) is 18.9 Å². The van der Waals surface area contributed by atoms with Crippen LogP contribution < -0.4 is 5.32 Å². The van der Waals surface area contributed by atoms with E-state index in [0.29, 0.717) is 0 Å². The van der Waals surface area contributed by atoms with Crippen molar-refractivity contribution in [3.05, 3.63) is 33.4 Å². The van der Waals surface area contributed by atoms with Crippen molar-refractivity contribution in [2.24, 2.45) is 0 Å². The van der Waals surface area contributed by atoms with Gasteiger partial charge in [0.25, 0.3) is 0 Å². The van der Waals surface area contributed by atoms with Gasteiger partial charge in [0, 0.05) is 29.9 Å². The van der Waals surface area contributed by atoms with Crippen molar-refractivity contribution in [3.8, 4) is 0 Å². The van der Waals surface area contributed by atoms with Gasteiger partial charge in [-0.3, -0.25) is 9.59 Å². The number of aliphatic hydroxyl groups is 1. The SMILES string of the molecule is COC(=O)[C@@H](Cc1ccc(I)cc1)NC(=O)[C@@H]1C[C@@H](O)CN1C(C)=O. The summed E-state index contributed by atoms with van der Waals surface area (Å²) in [4.78, 5) is 37.6. The Balaban J connectivity index is 2.10. The average molecular weight is 460 g/mol. The lowest BCUT2D eigenvalue weighted by Crippen LogP contribution is -2.51. The third-order valence-corrected chi connectivity index (χ3v) is 4.86. The number of ether oxygens (including phenoxy) is 1. The van der Waals surface area contributed by atoms with Crippen LogP contribution in [0, 0.1) is 3.57 Å².